The van der Waals surface area contributed by atoms with E-state index in [1.165, 1.54) is 17.8 Å². The van der Waals surface area contributed by atoms with Crippen LogP contribution in [0.1, 0.15) is 18.4 Å². The molecule has 94 valence electrons. The molecule has 0 aromatic heterocycles. The Hall–Kier alpha value is -1.17. The molecule has 0 unspecified atom stereocenters. The van der Waals surface area contributed by atoms with E-state index in [0.717, 1.165) is 12.1 Å². The van der Waals surface area contributed by atoms with E-state index < -0.39 is 17.7 Å². The molecule has 0 spiro atoms. The lowest BCUT2D eigenvalue weighted by molar-refractivity contribution is -0.138. The Kier molecular flexibility index (Phi) is 4.86. The molecule has 0 heterocycles. The van der Waals surface area contributed by atoms with E-state index in [4.69, 9.17) is 5.11 Å². The highest BCUT2D eigenvalue weighted by atomic mass is 32.2. The van der Waals surface area contributed by atoms with Crippen LogP contribution in [0.15, 0.2) is 29.2 Å². The lowest BCUT2D eigenvalue weighted by atomic mass is 10.2. The lowest BCUT2D eigenvalue weighted by Crippen LogP contribution is -2.04. The summed E-state index contributed by atoms with van der Waals surface area (Å²) in [5.74, 6) is -0.400. The maximum absolute atomic E-state index is 12.4. The molecule has 0 fully saturated rings. The third-order valence-corrected chi connectivity index (χ3v) is 3.05. The lowest BCUT2D eigenvalue weighted by Gasteiger charge is -2.08. The summed E-state index contributed by atoms with van der Waals surface area (Å²) >= 11 is 1.23. The predicted octanol–water partition coefficient (Wildman–Crippen LogP) is 3.66. The second-order valence-electron chi connectivity index (χ2n) is 3.37. The molecule has 1 aromatic carbocycles. The third-order valence-electron chi connectivity index (χ3n) is 1.97. The van der Waals surface area contributed by atoms with E-state index >= 15 is 0 Å². The molecule has 0 radical (unpaired) electrons. The fourth-order valence-corrected chi connectivity index (χ4v) is 2.09. The predicted molar refractivity (Wildman–Crippen MR) is 59.0 cm³/mol. The molecule has 0 amide bonds. The molecule has 0 atom stereocenters. The minimum absolute atomic E-state index is 0.0337. The number of rotatable bonds is 5. The maximum atomic E-state index is 12.4. The first-order valence-electron chi connectivity index (χ1n) is 4.91. The van der Waals surface area contributed by atoms with Gasteiger partial charge in [-0.1, -0.05) is 6.07 Å². The molecule has 0 aliphatic rings. The van der Waals surface area contributed by atoms with Crippen molar-refractivity contribution in [1.29, 1.82) is 0 Å². The van der Waals surface area contributed by atoms with Gasteiger partial charge in [0.15, 0.2) is 0 Å². The number of benzene rings is 1. The zero-order chi connectivity index (χ0) is 12.9. The van der Waals surface area contributed by atoms with Gasteiger partial charge in [0.05, 0.1) is 5.56 Å². The Labute approximate surface area is 101 Å². The number of carboxylic acid groups (broad SMARTS) is 1. The van der Waals surface area contributed by atoms with Gasteiger partial charge in [0.1, 0.15) is 0 Å². The van der Waals surface area contributed by atoms with Crippen molar-refractivity contribution in [3.63, 3.8) is 0 Å². The van der Waals surface area contributed by atoms with Gasteiger partial charge >= 0.3 is 12.1 Å². The van der Waals surface area contributed by atoms with Gasteiger partial charge in [0.25, 0.3) is 0 Å². The number of alkyl halides is 3. The molecular formula is C11H11F3O2S. The second-order valence-corrected chi connectivity index (χ2v) is 4.54. The Bertz CT molecular complexity index is 391. The largest absolute Gasteiger partial charge is 0.481 e. The molecule has 0 saturated carbocycles. The highest BCUT2D eigenvalue weighted by Crippen LogP contribution is 2.31. The number of hydrogen-bond acceptors (Lipinski definition) is 2. The molecule has 0 aliphatic carbocycles. The van der Waals surface area contributed by atoms with Gasteiger partial charge in [-0.15, -0.1) is 11.8 Å². The average molecular weight is 264 g/mol. The van der Waals surface area contributed by atoms with Crippen molar-refractivity contribution in [3.05, 3.63) is 29.8 Å². The van der Waals surface area contributed by atoms with Crippen LogP contribution in [0.3, 0.4) is 0 Å². The van der Waals surface area contributed by atoms with Crippen LogP contribution < -0.4 is 0 Å². The fourth-order valence-electron chi connectivity index (χ4n) is 1.18. The fraction of sp³-hybridized carbons (Fsp3) is 0.364. The topological polar surface area (TPSA) is 37.3 Å². The zero-order valence-electron chi connectivity index (χ0n) is 8.83. The molecule has 2 nitrogen and oxygen atoms in total. The maximum Gasteiger partial charge on any atom is 0.416 e. The van der Waals surface area contributed by atoms with Gasteiger partial charge in [0, 0.05) is 11.3 Å². The van der Waals surface area contributed by atoms with Crippen molar-refractivity contribution < 1.29 is 23.1 Å². The number of hydrogen-bond donors (Lipinski definition) is 1. The monoisotopic (exact) mass is 264 g/mol. The first-order valence-corrected chi connectivity index (χ1v) is 5.90. The van der Waals surface area contributed by atoms with Gasteiger partial charge in [-0.05, 0) is 30.4 Å². The molecule has 0 aliphatic heterocycles. The Morgan fingerprint density at radius 3 is 2.65 bits per heavy atom. The Morgan fingerprint density at radius 2 is 2.06 bits per heavy atom. The highest BCUT2D eigenvalue weighted by molar-refractivity contribution is 7.99. The summed E-state index contributed by atoms with van der Waals surface area (Å²) in [6.45, 7) is 0. The number of thioether (sulfide) groups is 1. The van der Waals surface area contributed by atoms with E-state index in [1.807, 2.05) is 0 Å². The summed E-state index contributed by atoms with van der Waals surface area (Å²) in [5.41, 5.74) is -0.680. The van der Waals surface area contributed by atoms with E-state index in [1.54, 1.807) is 6.07 Å². The van der Waals surface area contributed by atoms with Crippen LogP contribution >= 0.6 is 11.8 Å². The molecule has 0 saturated heterocycles. The van der Waals surface area contributed by atoms with Crippen molar-refractivity contribution >= 4 is 17.7 Å². The van der Waals surface area contributed by atoms with Crippen LogP contribution in [0.25, 0.3) is 0 Å². The summed E-state index contributed by atoms with van der Waals surface area (Å²) < 4.78 is 37.1. The second kappa shape index (κ2) is 5.95. The van der Waals surface area contributed by atoms with Crippen molar-refractivity contribution in [2.45, 2.75) is 23.9 Å². The van der Waals surface area contributed by atoms with Gasteiger partial charge in [0.2, 0.25) is 0 Å². The summed E-state index contributed by atoms with van der Waals surface area (Å²) in [7, 11) is 0. The smallest absolute Gasteiger partial charge is 0.416 e. The number of aliphatic carboxylic acids is 1. The standard InChI is InChI=1S/C11H11F3O2S/c12-11(13,14)8-3-1-4-9(7-8)17-6-2-5-10(15)16/h1,3-4,7H,2,5-6H2,(H,15,16). The van der Waals surface area contributed by atoms with E-state index in [0.29, 0.717) is 17.1 Å². The molecule has 1 rings (SSSR count). The number of halogens is 3. The minimum Gasteiger partial charge on any atom is -0.481 e. The van der Waals surface area contributed by atoms with Crippen LogP contribution in [0.2, 0.25) is 0 Å². The first-order chi connectivity index (χ1) is 7.89. The van der Waals surface area contributed by atoms with Crippen molar-refractivity contribution in [1.82, 2.24) is 0 Å². The highest BCUT2D eigenvalue weighted by Gasteiger charge is 2.30. The molecule has 6 heteroatoms. The molecule has 1 aromatic rings. The van der Waals surface area contributed by atoms with Crippen LogP contribution in [0.5, 0.6) is 0 Å². The van der Waals surface area contributed by atoms with E-state index in [-0.39, 0.29) is 6.42 Å². The van der Waals surface area contributed by atoms with Gasteiger partial charge < -0.3 is 5.11 Å². The van der Waals surface area contributed by atoms with Crippen molar-refractivity contribution in [2.75, 3.05) is 5.75 Å². The number of carbonyl (C=O) groups is 1. The van der Waals surface area contributed by atoms with E-state index in [2.05, 4.69) is 0 Å². The Balaban J connectivity index is 2.52. The van der Waals surface area contributed by atoms with Crippen LogP contribution in [-0.2, 0) is 11.0 Å². The van der Waals surface area contributed by atoms with Crippen molar-refractivity contribution in [2.24, 2.45) is 0 Å². The molecule has 1 N–H and O–H groups in total. The van der Waals surface area contributed by atoms with Gasteiger partial charge in [-0.3, -0.25) is 4.79 Å². The van der Waals surface area contributed by atoms with Gasteiger partial charge in [-0.2, -0.15) is 13.2 Å². The summed E-state index contributed by atoms with van der Waals surface area (Å²) in [6.07, 6.45) is -3.86. The summed E-state index contributed by atoms with van der Waals surface area (Å²) in [5, 5.41) is 8.40. The van der Waals surface area contributed by atoms with Crippen LogP contribution in [0.4, 0.5) is 13.2 Å². The van der Waals surface area contributed by atoms with Crippen LogP contribution in [0, 0.1) is 0 Å². The molecular weight excluding hydrogens is 253 g/mol. The molecule has 0 bridgehead atoms. The summed E-state index contributed by atoms with van der Waals surface area (Å²) in [4.78, 5) is 10.7. The van der Waals surface area contributed by atoms with E-state index in [9.17, 15) is 18.0 Å². The Morgan fingerprint density at radius 1 is 1.35 bits per heavy atom. The third kappa shape index (κ3) is 5.12. The molecule has 17 heavy (non-hydrogen) atoms. The normalized spacial score (nSPS) is 11.5. The zero-order valence-corrected chi connectivity index (χ0v) is 9.64. The van der Waals surface area contributed by atoms with Crippen molar-refractivity contribution in [3.8, 4) is 0 Å². The first kappa shape index (κ1) is 13.9. The number of carboxylic acids is 1. The quantitative estimate of drug-likeness (QED) is 0.651. The summed E-state index contributed by atoms with van der Waals surface area (Å²) in [6, 6.07) is 5.02. The minimum atomic E-state index is -4.34. The average Bonchev–Trinajstić information content (AvgIpc) is 2.23. The van der Waals surface area contributed by atoms with Gasteiger partial charge in [-0.25, -0.2) is 0 Å². The van der Waals surface area contributed by atoms with Crippen LogP contribution in [-0.4, -0.2) is 16.8 Å². The SMILES string of the molecule is O=C(O)CCCSc1cccc(C(F)(F)F)c1.